The highest BCUT2D eigenvalue weighted by molar-refractivity contribution is 6.33. The summed E-state index contributed by atoms with van der Waals surface area (Å²) in [5.74, 6) is -0.415. The second-order valence-corrected chi connectivity index (χ2v) is 8.05. The summed E-state index contributed by atoms with van der Waals surface area (Å²) >= 11 is 6.15. The first-order valence-electron chi connectivity index (χ1n) is 10.5. The Kier molecular flexibility index (Phi) is 7.61. The number of pyridine rings is 1. The van der Waals surface area contributed by atoms with Gasteiger partial charge in [0, 0.05) is 10.8 Å². The number of carbonyl (C=O) groups is 1. The monoisotopic (exact) mass is 482 g/mol. The standard InChI is InChI=1S/C25H23ClN2O6/c1-4-9-33-25(32)19-10-16(5-7-21(19)26)22-8-6-17(34-22)11-18-15(3)20(12-27)24(31)28(23(18)30)13-14(2)29/h5-8,10-11,14,29,31H,3-4,9,13H2,1-2H3. The van der Waals surface area contributed by atoms with E-state index < -0.39 is 23.5 Å². The van der Waals surface area contributed by atoms with Crippen LogP contribution in [0.1, 0.15) is 41.9 Å². The molecule has 9 heteroatoms. The summed E-state index contributed by atoms with van der Waals surface area (Å²) in [5.41, 5.74) is -0.0379. The van der Waals surface area contributed by atoms with E-state index in [1.165, 1.54) is 13.0 Å². The van der Waals surface area contributed by atoms with Gasteiger partial charge in [-0.3, -0.25) is 9.36 Å². The Morgan fingerprint density at radius 3 is 2.76 bits per heavy atom. The van der Waals surface area contributed by atoms with E-state index in [1.807, 2.05) is 13.0 Å². The molecule has 0 aliphatic heterocycles. The van der Waals surface area contributed by atoms with Crippen LogP contribution >= 0.6 is 11.6 Å². The maximum Gasteiger partial charge on any atom is 0.339 e. The molecule has 1 unspecified atom stereocenters. The van der Waals surface area contributed by atoms with E-state index in [9.17, 15) is 25.1 Å². The number of hydrogen-bond donors (Lipinski definition) is 2. The lowest BCUT2D eigenvalue weighted by atomic mass is 10.1. The van der Waals surface area contributed by atoms with Crippen molar-refractivity contribution in [3.63, 3.8) is 0 Å². The zero-order valence-corrected chi connectivity index (χ0v) is 19.4. The predicted molar refractivity (Wildman–Crippen MR) is 127 cm³/mol. The number of carbonyl (C=O) groups excluding carboxylic acids is 1. The molecule has 0 fully saturated rings. The third kappa shape index (κ3) is 5.06. The number of nitriles is 1. The fourth-order valence-electron chi connectivity index (χ4n) is 3.31. The minimum atomic E-state index is -0.933. The van der Waals surface area contributed by atoms with E-state index in [1.54, 1.807) is 30.3 Å². The van der Waals surface area contributed by atoms with Crippen molar-refractivity contribution >= 4 is 30.2 Å². The van der Waals surface area contributed by atoms with E-state index in [0.29, 0.717) is 17.7 Å². The third-order valence-corrected chi connectivity index (χ3v) is 5.29. The summed E-state index contributed by atoms with van der Waals surface area (Å²) in [4.78, 5) is 25.2. The molecule has 8 nitrogen and oxygen atoms in total. The minimum absolute atomic E-state index is 0.0378. The number of aromatic hydroxyl groups is 1. The number of aliphatic hydroxyl groups is 1. The van der Waals surface area contributed by atoms with Gasteiger partial charge in [-0.05, 0) is 49.8 Å². The fourth-order valence-corrected chi connectivity index (χ4v) is 3.51. The smallest absolute Gasteiger partial charge is 0.339 e. The van der Waals surface area contributed by atoms with E-state index in [4.69, 9.17) is 20.8 Å². The zero-order valence-electron chi connectivity index (χ0n) is 18.7. The predicted octanol–water partition coefficient (Wildman–Crippen LogP) is 2.53. The molecule has 3 aromatic rings. The third-order valence-electron chi connectivity index (χ3n) is 4.96. The van der Waals surface area contributed by atoms with E-state index >= 15 is 0 Å². The molecule has 1 aromatic carbocycles. The summed E-state index contributed by atoms with van der Waals surface area (Å²) in [5, 5.41) is 29.7. The Balaban J connectivity index is 2.09. The normalized spacial score (nSPS) is 12.4. The summed E-state index contributed by atoms with van der Waals surface area (Å²) in [6, 6.07) is 9.89. The molecule has 1 atom stereocenters. The van der Waals surface area contributed by atoms with Crippen LogP contribution < -0.4 is 16.0 Å². The van der Waals surface area contributed by atoms with Crippen LogP contribution in [0.4, 0.5) is 0 Å². The lowest BCUT2D eigenvalue weighted by molar-refractivity contribution is 0.0505. The number of furan rings is 1. The maximum atomic E-state index is 12.9. The van der Waals surface area contributed by atoms with Gasteiger partial charge in [-0.15, -0.1) is 0 Å². The molecular weight excluding hydrogens is 460 g/mol. The van der Waals surface area contributed by atoms with Crippen molar-refractivity contribution in [3.05, 3.63) is 73.0 Å². The van der Waals surface area contributed by atoms with Crippen LogP contribution in [0.25, 0.3) is 24.0 Å². The van der Waals surface area contributed by atoms with E-state index in [-0.39, 0.29) is 45.5 Å². The topological polar surface area (TPSA) is 126 Å². The number of benzene rings is 1. The molecule has 0 spiro atoms. The quantitative estimate of drug-likeness (QED) is 0.495. The average molecular weight is 483 g/mol. The number of esters is 1. The van der Waals surface area contributed by atoms with Crippen molar-refractivity contribution in [2.45, 2.75) is 32.9 Å². The van der Waals surface area contributed by atoms with Crippen LogP contribution in [0.5, 0.6) is 5.88 Å². The second-order valence-electron chi connectivity index (χ2n) is 7.64. The van der Waals surface area contributed by atoms with Gasteiger partial charge in [-0.2, -0.15) is 5.26 Å². The number of nitrogens with zero attached hydrogens (tertiary/aromatic N) is 2. The first-order chi connectivity index (χ1) is 16.2. The largest absolute Gasteiger partial charge is 0.493 e. The van der Waals surface area contributed by atoms with Crippen LogP contribution in [0.15, 0.2) is 39.5 Å². The molecule has 0 radical (unpaired) electrons. The highest BCUT2D eigenvalue weighted by atomic mass is 35.5. The van der Waals surface area contributed by atoms with Gasteiger partial charge < -0.3 is 19.4 Å². The maximum absolute atomic E-state index is 12.9. The van der Waals surface area contributed by atoms with Crippen molar-refractivity contribution in [2.75, 3.05) is 6.61 Å². The fraction of sp³-hybridized carbons (Fsp3) is 0.240. The molecule has 176 valence electrons. The van der Waals surface area contributed by atoms with Crippen LogP contribution in [0.2, 0.25) is 5.02 Å². The van der Waals surface area contributed by atoms with Crippen LogP contribution in [0, 0.1) is 11.3 Å². The van der Waals surface area contributed by atoms with E-state index in [2.05, 4.69) is 6.58 Å². The van der Waals surface area contributed by atoms with Gasteiger partial charge in [0.05, 0.1) is 35.1 Å². The van der Waals surface area contributed by atoms with Gasteiger partial charge >= 0.3 is 5.97 Å². The van der Waals surface area contributed by atoms with Crippen LogP contribution in [-0.2, 0) is 11.3 Å². The number of rotatable bonds is 7. The van der Waals surface area contributed by atoms with E-state index in [0.717, 1.165) is 4.57 Å². The van der Waals surface area contributed by atoms with Gasteiger partial charge in [0.25, 0.3) is 5.56 Å². The Morgan fingerprint density at radius 1 is 1.38 bits per heavy atom. The van der Waals surface area contributed by atoms with Gasteiger partial charge in [0.2, 0.25) is 5.88 Å². The molecule has 34 heavy (non-hydrogen) atoms. The van der Waals surface area contributed by atoms with Crippen molar-refractivity contribution in [1.82, 2.24) is 4.57 Å². The molecule has 0 saturated heterocycles. The summed E-state index contributed by atoms with van der Waals surface area (Å²) in [7, 11) is 0. The number of ether oxygens (including phenoxy) is 1. The molecule has 0 bridgehead atoms. The first kappa shape index (κ1) is 24.8. The lowest BCUT2D eigenvalue weighted by Crippen LogP contribution is -2.46. The summed E-state index contributed by atoms with van der Waals surface area (Å²) in [6.45, 7) is 7.17. The van der Waals surface area contributed by atoms with Crippen molar-refractivity contribution in [2.24, 2.45) is 0 Å². The van der Waals surface area contributed by atoms with Crippen LogP contribution in [-0.4, -0.2) is 33.5 Å². The summed E-state index contributed by atoms with van der Waals surface area (Å²) in [6.07, 6.45) is 1.15. The van der Waals surface area contributed by atoms with Gasteiger partial charge in [0.15, 0.2) is 0 Å². The highest BCUT2D eigenvalue weighted by Crippen LogP contribution is 2.27. The number of hydrogen-bond acceptors (Lipinski definition) is 7. The van der Waals surface area contributed by atoms with Gasteiger partial charge in [0.1, 0.15) is 23.2 Å². The highest BCUT2D eigenvalue weighted by Gasteiger charge is 2.16. The molecular formula is C25H23ClN2O6. The molecule has 0 aliphatic carbocycles. The van der Waals surface area contributed by atoms with Crippen molar-refractivity contribution < 1.29 is 24.2 Å². The molecule has 0 aliphatic rings. The lowest BCUT2D eigenvalue weighted by Gasteiger charge is -2.12. The van der Waals surface area contributed by atoms with Crippen molar-refractivity contribution in [1.29, 1.82) is 5.26 Å². The molecule has 0 amide bonds. The van der Waals surface area contributed by atoms with Gasteiger partial charge in [-0.1, -0.05) is 25.1 Å². The number of aliphatic hydroxyl groups excluding tert-OH is 1. The van der Waals surface area contributed by atoms with Crippen LogP contribution in [0.3, 0.4) is 0 Å². The average Bonchev–Trinajstić information content (AvgIpc) is 3.27. The first-order valence-corrected chi connectivity index (χ1v) is 10.9. The SMILES string of the molecule is C=c1c(C#N)c(O)n(CC(C)O)c(=O)c1=Cc1ccc(-c2ccc(Cl)c(C(=O)OCCC)c2)o1. The summed E-state index contributed by atoms with van der Waals surface area (Å²) < 4.78 is 11.9. The minimum Gasteiger partial charge on any atom is -0.493 e. The number of aromatic nitrogens is 1. The Hall–Kier alpha value is -3.80. The molecule has 0 saturated carbocycles. The Labute approximate surface area is 200 Å². The Bertz CT molecular complexity index is 1450. The Morgan fingerprint density at radius 2 is 2.12 bits per heavy atom. The number of halogens is 1. The van der Waals surface area contributed by atoms with Crippen molar-refractivity contribution in [3.8, 4) is 23.3 Å². The zero-order chi connectivity index (χ0) is 25.0. The van der Waals surface area contributed by atoms with Gasteiger partial charge in [-0.25, -0.2) is 4.79 Å². The molecule has 2 N–H and O–H groups in total. The second kappa shape index (κ2) is 10.4. The molecule has 3 rings (SSSR count). The molecule has 2 heterocycles. The molecule has 2 aromatic heterocycles.